The van der Waals surface area contributed by atoms with Gasteiger partial charge in [-0.3, -0.25) is 4.79 Å². The SMILES string of the molecule is CC(C)CNC(=NCC(=O)N(C)C)NCCc1cccc(F)c1. The highest BCUT2D eigenvalue weighted by molar-refractivity contribution is 5.84. The lowest BCUT2D eigenvalue weighted by Gasteiger charge is -2.15. The zero-order chi connectivity index (χ0) is 17.2. The van der Waals surface area contributed by atoms with Gasteiger partial charge in [0.1, 0.15) is 12.4 Å². The van der Waals surface area contributed by atoms with Gasteiger partial charge in [-0.15, -0.1) is 0 Å². The molecule has 0 heterocycles. The fourth-order valence-corrected chi connectivity index (χ4v) is 1.78. The monoisotopic (exact) mass is 322 g/mol. The molecule has 0 aliphatic rings. The van der Waals surface area contributed by atoms with Crippen molar-refractivity contribution in [3.8, 4) is 0 Å². The second-order valence-corrected chi connectivity index (χ2v) is 6.03. The summed E-state index contributed by atoms with van der Waals surface area (Å²) in [5, 5.41) is 6.39. The van der Waals surface area contributed by atoms with Crippen molar-refractivity contribution >= 4 is 11.9 Å². The van der Waals surface area contributed by atoms with E-state index in [0.29, 0.717) is 24.8 Å². The van der Waals surface area contributed by atoms with Gasteiger partial charge in [-0.25, -0.2) is 9.38 Å². The Morgan fingerprint density at radius 3 is 2.65 bits per heavy atom. The molecule has 1 aromatic rings. The Labute approximate surface area is 138 Å². The summed E-state index contributed by atoms with van der Waals surface area (Å²) in [5.74, 6) is 0.784. The highest BCUT2D eigenvalue weighted by Gasteiger charge is 2.05. The Balaban J connectivity index is 2.54. The van der Waals surface area contributed by atoms with Crippen LogP contribution in [0.3, 0.4) is 0 Å². The highest BCUT2D eigenvalue weighted by Crippen LogP contribution is 2.03. The van der Waals surface area contributed by atoms with Gasteiger partial charge in [0.05, 0.1) is 0 Å². The van der Waals surface area contributed by atoms with Crippen molar-refractivity contribution in [2.75, 3.05) is 33.7 Å². The molecule has 0 bridgehead atoms. The lowest BCUT2D eigenvalue weighted by Crippen LogP contribution is -2.41. The summed E-state index contributed by atoms with van der Waals surface area (Å²) in [6, 6.07) is 6.54. The third-order valence-electron chi connectivity index (χ3n) is 3.14. The number of nitrogens with one attached hydrogen (secondary N) is 2. The molecule has 23 heavy (non-hydrogen) atoms. The summed E-state index contributed by atoms with van der Waals surface area (Å²) in [7, 11) is 3.41. The Morgan fingerprint density at radius 1 is 1.30 bits per heavy atom. The number of amides is 1. The zero-order valence-corrected chi connectivity index (χ0v) is 14.4. The van der Waals surface area contributed by atoms with Crippen molar-refractivity contribution in [1.29, 1.82) is 0 Å². The molecule has 1 amide bonds. The highest BCUT2D eigenvalue weighted by atomic mass is 19.1. The number of hydrogen-bond acceptors (Lipinski definition) is 2. The molecule has 2 N–H and O–H groups in total. The molecule has 0 aliphatic carbocycles. The number of guanidine groups is 1. The molecule has 0 atom stereocenters. The summed E-state index contributed by atoms with van der Waals surface area (Å²) in [6.07, 6.45) is 0.682. The minimum absolute atomic E-state index is 0.0548. The maximum absolute atomic E-state index is 13.1. The number of nitrogens with zero attached hydrogens (tertiary/aromatic N) is 2. The van der Waals surface area contributed by atoms with Gasteiger partial charge in [-0.1, -0.05) is 26.0 Å². The van der Waals surface area contributed by atoms with Gasteiger partial charge in [-0.05, 0) is 30.0 Å². The molecule has 1 rings (SSSR count). The Bertz CT molecular complexity index is 529. The number of likely N-dealkylation sites (N-methyl/N-ethyl adjacent to an activating group) is 1. The number of halogens is 1. The third-order valence-corrected chi connectivity index (χ3v) is 3.14. The number of benzene rings is 1. The molecule has 0 fully saturated rings. The van der Waals surface area contributed by atoms with Crippen LogP contribution in [-0.2, 0) is 11.2 Å². The van der Waals surface area contributed by atoms with E-state index in [1.54, 1.807) is 20.2 Å². The molecule has 0 saturated heterocycles. The van der Waals surface area contributed by atoms with Crippen LogP contribution in [0.4, 0.5) is 4.39 Å². The molecule has 0 unspecified atom stereocenters. The normalized spacial score (nSPS) is 11.5. The van der Waals surface area contributed by atoms with Gasteiger partial charge in [0.25, 0.3) is 0 Å². The van der Waals surface area contributed by atoms with Gasteiger partial charge < -0.3 is 15.5 Å². The van der Waals surface area contributed by atoms with E-state index in [-0.39, 0.29) is 18.3 Å². The van der Waals surface area contributed by atoms with Gasteiger partial charge in [0.15, 0.2) is 5.96 Å². The summed E-state index contributed by atoms with van der Waals surface area (Å²) < 4.78 is 13.1. The minimum atomic E-state index is -0.231. The first kappa shape index (κ1) is 18.9. The number of carbonyl (C=O) groups excluding carboxylic acids is 1. The van der Waals surface area contributed by atoms with E-state index in [9.17, 15) is 9.18 Å². The van der Waals surface area contributed by atoms with Crippen molar-refractivity contribution in [1.82, 2.24) is 15.5 Å². The third kappa shape index (κ3) is 8.18. The Kier molecular flexibility index (Phi) is 8.08. The molecule has 0 radical (unpaired) electrons. The maximum Gasteiger partial charge on any atom is 0.243 e. The number of rotatable bonds is 7. The quantitative estimate of drug-likeness (QED) is 0.593. The van der Waals surface area contributed by atoms with Crippen LogP contribution < -0.4 is 10.6 Å². The van der Waals surface area contributed by atoms with Crippen molar-refractivity contribution in [3.05, 3.63) is 35.6 Å². The number of carbonyl (C=O) groups is 1. The zero-order valence-electron chi connectivity index (χ0n) is 14.4. The Hall–Kier alpha value is -2.11. The van der Waals surface area contributed by atoms with E-state index in [1.807, 2.05) is 6.07 Å². The first-order valence-corrected chi connectivity index (χ1v) is 7.85. The van der Waals surface area contributed by atoms with Crippen LogP contribution in [0.1, 0.15) is 19.4 Å². The van der Waals surface area contributed by atoms with Crippen LogP contribution >= 0.6 is 0 Å². The number of hydrogen-bond donors (Lipinski definition) is 2. The fourth-order valence-electron chi connectivity index (χ4n) is 1.78. The van der Waals surface area contributed by atoms with Crippen molar-refractivity contribution in [2.24, 2.45) is 10.9 Å². The lowest BCUT2D eigenvalue weighted by atomic mass is 10.1. The van der Waals surface area contributed by atoms with Crippen LogP contribution in [-0.4, -0.2) is 50.5 Å². The molecule has 0 aliphatic heterocycles. The summed E-state index contributed by atoms with van der Waals surface area (Å²) in [4.78, 5) is 17.4. The second kappa shape index (κ2) is 9.82. The Morgan fingerprint density at radius 2 is 2.04 bits per heavy atom. The van der Waals surface area contributed by atoms with E-state index >= 15 is 0 Å². The predicted molar refractivity (Wildman–Crippen MR) is 91.9 cm³/mol. The van der Waals surface area contributed by atoms with E-state index < -0.39 is 0 Å². The average Bonchev–Trinajstić information content (AvgIpc) is 2.48. The van der Waals surface area contributed by atoms with Crippen LogP contribution in [0, 0.1) is 11.7 Å². The van der Waals surface area contributed by atoms with Gasteiger partial charge in [-0.2, -0.15) is 0 Å². The van der Waals surface area contributed by atoms with Crippen LogP contribution in [0.25, 0.3) is 0 Å². The molecule has 128 valence electrons. The molecule has 0 spiro atoms. The molecule has 5 nitrogen and oxygen atoms in total. The summed E-state index contributed by atoms with van der Waals surface area (Å²) in [6.45, 7) is 5.68. The summed E-state index contributed by atoms with van der Waals surface area (Å²) >= 11 is 0. The van der Waals surface area contributed by atoms with Crippen LogP contribution in [0.5, 0.6) is 0 Å². The molecular weight excluding hydrogens is 295 g/mol. The number of aliphatic imine (C=N–C) groups is 1. The smallest absolute Gasteiger partial charge is 0.243 e. The van der Waals surface area contributed by atoms with E-state index in [0.717, 1.165) is 12.1 Å². The predicted octanol–water partition coefficient (Wildman–Crippen LogP) is 1.65. The fraction of sp³-hybridized carbons (Fsp3) is 0.529. The van der Waals surface area contributed by atoms with E-state index in [1.165, 1.54) is 17.0 Å². The average molecular weight is 322 g/mol. The van der Waals surface area contributed by atoms with Crippen molar-refractivity contribution in [3.63, 3.8) is 0 Å². The van der Waals surface area contributed by atoms with Crippen LogP contribution in [0.15, 0.2) is 29.3 Å². The molecule has 0 aromatic heterocycles. The van der Waals surface area contributed by atoms with E-state index in [2.05, 4.69) is 29.5 Å². The summed E-state index contributed by atoms with van der Waals surface area (Å²) in [5.41, 5.74) is 0.921. The topological polar surface area (TPSA) is 56.7 Å². The van der Waals surface area contributed by atoms with Crippen LogP contribution in [0.2, 0.25) is 0 Å². The van der Waals surface area contributed by atoms with Gasteiger partial charge >= 0.3 is 0 Å². The molecule has 1 aromatic carbocycles. The van der Waals surface area contributed by atoms with Crippen molar-refractivity contribution < 1.29 is 9.18 Å². The standard InChI is InChI=1S/C17H27FN4O/c1-13(2)11-20-17(21-12-16(23)22(3)4)19-9-8-14-6-5-7-15(18)10-14/h5-7,10,13H,8-9,11-12H2,1-4H3,(H2,19,20,21). The second-order valence-electron chi connectivity index (χ2n) is 6.03. The lowest BCUT2D eigenvalue weighted by molar-refractivity contribution is -0.127. The molecule has 6 heteroatoms. The first-order valence-electron chi connectivity index (χ1n) is 7.85. The molecular formula is C17H27FN4O. The minimum Gasteiger partial charge on any atom is -0.356 e. The van der Waals surface area contributed by atoms with Gasteiger partial charge in [0.2, 0.25) is 5.91 Å². The maximum atomic E-state index is 13.1. The van der Waals surface area contributed by atoms with E-state index in [4.69, 9.17) is 0 Å². The van der Waals surface area contributed by atoms with Gasteiger partial charge in [0, 0.05) is 27.2 Å². The first-order chi connectivity index (χ1) is 10.9. The largest absolute Gasteiger partial charge is 0.356 e. The molecule has 0 saturated carbocycles. The van der Waals surface area contributed by atoms with Crippen molar-refractivity contribution in [2.45, 2.75) is 20.3 Å².